The summed E-state index contributed by atoms with van der Waals surface area (Å²) in [6.45, 7) is 1.18. The van der Waals surface area contributed by atoms with E-state index < -0.39 is 0 Å². The lowest BCUT2D eigenvalue weighted by Gasteiger charge is -2.37. The molecule has 4 nitrogen and oxygen atoms in total. The Labute approximate surface area is 151 Å². The number of ether oxygens (including phenoxy) is 1. The van der Waals surface area contributed by atoms with E-state index in [1.165, 1.54) is 11.1 Å². The molecule has 2 heterocycles. The Bertz CT molecular complexity index is 789. The molecular formula is C17H15Br2N3O. The average Bonchev–Trinajstić information content (AvgIpc) is 2.89. The highest BCUT2D eigenvalue weighted by Gasteiger charge is 2.41. The number of fused-ring (bicyclic) bond motifs is 2. The number of morpholine rings is 1. The fourth-order valence-corrected chi connectivity index (χ4v) is 4.29. The Hall–Kier alpha value is -1.24. The second kappa shape index (κ2) is 6.00. The van der Waals surface area contributed by atoms with E-state index in [9.17, 15) is 0 Å². The standard InChI is InChI=1S/C17H15Br2N3O/c18-14-6-5-13(16(19)21-14)20-15-9-23-10-17(22-15)8-7-11-3-1-2-4-12(11)17/h1-6H,7-10H2,(H,20,22). The quantitative estimate of drug-likeness (QED) is 0.684. The van der Waals surface area contributed by atoms with E-state index in [0.717, 1.165) is 29.0 Å². The van der Waals surface area contributed by atoms with Crippen LogP contribution < -0.4 is 5.32 Å². The summed E-state index contributed by atoms with van der Waals surface area (Å²) in [7, 11) is 0. The van der Waals surface area contributed by atoms with E-state index in [1.54, 1.807) is 0 Å². The SMILES string of the molecule is Brc1ccc(N=C2COCC3(CCc4ccccc43)N2)c(Br)n1. The van der Waals surface area contributed by atoms with Gasteiger partial charge in [0.1, 0.15) is 21.6 Å². The average molecular weight is 437 g/mol. The molecule has 1 aromatic carbocycles. The van der Waals surface area contributed by atoms with Crippen LogP contribution in [-0.4, -0.2) is 24.0 Å². The molecule has 2 aliphatic rings. The first-order valence-electron chi connectivity index (χ1n) is 7.50. The molecule has 1 spiro atoms. The predicted molar refractivity (Wildman–Crippen MR) is 97.1 cm³/mol. The van der Waals surface area contributed by atoms with Gasteiger partial charge in [-0.1, -0.05) is 24.3 Å². The zero-order valence-electron chi connectivity index (χ0n) is 12.4. The van der Waals surface area contributed by atoms with Gasteiger partial charge in [-0.05, 0) is 68.0 Å². The molecule has 1 atom stereocenters. The van der Waals surface area contributed by atoms with Gasteiger partial charge < -0.3 is 10.1 Å². The molecule has 4 rings (SSSR count). The summed E-state index contributed by atoms with van der Waals surface area (Å²) in [5, 5.41) is 3.64. The highest BCUT2D eigenvalue weighted by molar-refractivity contribution is 9.11. The number of amidine groups is 1. The van der Waals surface area contributed by atoms with Gasteiger partial charge in [-0.15, -0.1) is 0 Å². The summed E-state index contributed by atoms with van der Waals surface area (Å²) in [6.07, 6.45) is 2.11. The minimum Gasteiger partial charge on any atom is -0.371 e. The highest BCUT2D eigenvalue weighted by Crippen LogP contribution is 2.38. The first kappa shape index (κ1) is 15.3. The summed E-state index contributed by atoms with van der Waals surface area (Å²) < 4.78 is 7.37. The van der Waals surface area contributed by atoms with Crippen LogP contribution >= 0.6 is 31.9 Å². The van der Waals surface area contributed by atoms with Crippen LogP contribution in [-0.2, 0) is 16.7 Å². The van der Waals surface area contributed by atoms with Crippen molar-refractivity contribution in [3.05, 3.63) is 56.7 Å². The van der Waals surface area contributed by atoms with Crippen molar-refractivity contribution in [3.8, 4) is 0 Å². The maximum absolute atomic E-state index is 5.87. The van der Waals surface area contributed by atoms with Crippen LogP contribution in [0.4, 0.5) is 5.69 Å². The van der Waals surface area contributed by atoms with E-state index >= 15 is 0 Å². The van der Waals surface area contributed by atoms with Crippen molar-refractivity contribution in [1.29, 1.82) is 0 Å². The number of halogens is 2. The molecule has 1 N–H and O–H groups in total. The summed E-state index contributed by atoms with van der Waals surface area (Å²) in [5.74, 6) is 0.845. The lowest BCUT2D eigenvalue weighted by atomic mass is 9.91. The smallest absolute Gasteiger partial charge is 0.133 e. The Morgan fingerprint density at radius 2 is 2.04 bits per heavy atom. The van der Waals surface area contributed by atoms with Crippen LogP contribution in [0.15, 0.2) is 50.6 Å². The third-order valence-electron chi connectivity index (χ3n) is 4.38. The molecule has 1 unspecified atom stereocenters. The number of aromatic nitrogens is 1. The van der Waals surface area contributed by atoms with Crippen molar-refractivity contribution in [2.24, 2.45) is 4.99 Å². The van der Waals surface area contributed by atoms with Gasteiger partial charge in [0.2, 0.25) is 0 Å². The monoisotopic (exact) mass is 435 g/mol. The molecule has 1 aliphatic carbocycles. The minimum atomic E-state index is -0.150. The fraction of sp³-hybridized carbons (Fsp3) is 0.294. The number of hydrogen-bond donors (Lipinski definition) is 1. The van der Waals surface area contributed by atoms with Gasteiger partial charge in [0, 0.05) is 0 Å². The van der Waals surface area contributed by atoms with Gasteiger partial charge in [0.25, 0.3) is 0 Å². The zero-order chi connectivity index (χ0) is 15.9. The highest BCUT2D eigenvalue weighted by atomic mass is 79.9. The number of nitrogens with zero attached hydrogens (tertiary/aromatic N) is 2. The number of rotatable bonds is 1. The summed E-state index contributed by atoms with van der Waals surface area (Å²) in [6, 6.07) is 12.4. The second-order valence-electron chi connectivity index (χ2n) is 5.86. The van der Waals surface area contributed by atoms with Crippen LogP contribution in [0.5, 0.6) is 0 Å². The molecule has 23 heavy (non-hydrogen) atoms. The number of pyridine rings is 1. The van der Waals surface area contributed by atoms with Crippen molar-refractivity contribution in [2.45, 2.75) is 18.4 Å². The van der Waals surface area contributed by atoms with Gasteiger partial charge in [-0.3, -0.25) is 0 Å². The normalized spacial score (nSPS) is 24.7. The maximum Gasteiger partial charge on any atom is 0.133 e. The molecule has 1 fully saturated rings. The molecule has 1 aliphatic heterocycles. The van der Waals surface area contributed by atoms with Crippen molar-refractivity contribution in [3.63, 3.8) is 0 Å². The molecule has 118 valence electrons. The second-order valence-corrected chi connectivity index (χ2v) is 7.42. The van der Waals surface area contributed by atoms with Gasteiger partial charge >= 0.3 is 0 Å². The molecule has 0 bridgehead atoms. The van der Waals surface area contributed by atoms with Crippen molar-refractivity contribution in [1.82, 2.24) is 10.3 Å². The van der Waals surface area contributed by atoms with Crippen LogP contribution in [0.3, 0.4) is 0 Å². The topological polar surface area (TPSA) is 46.5 Å². The van der Waals surface area contributed by atoms with Gasteiger partial charge in [0.05, 0.1) is 17.8 Å². The Morgan fingerprint density at radius 1 is 1.17 bits per heavy atom. The Morgan fingerprint density at radius 3 is 2.91 bits per heavy atom. The lowest BCUT2D eigenvalue weighted by molar-refractivity contribution is 0.0768. The van der Waals surface area contributed by atoms with E-state index in [1.807, 2.05) is 12.1 Å². The molecule has 2 aromatic rings. The molecule has 1 saturated heterocycles. The van der Waals surface area contributed by atoms with Gasteiger partial charge in [0.15, 0.2) is 0 Å². The van der Waals surface area contributed by atoms with E-state index in [-0.39, 0.29) is 5.54 Å². The number of nitrogens with one attached hydrogen (secondary N) is 1. The first-order chi connectivity index (χ1) is 11.2. The number of aryl methyl sites for hydroxylation is 1. The molecule has 1 aromatic heterocycles. The molecule has 0 amide bonds. The van der Waals surface area contributed by atoms with Gasteiger partial charge in [-0.25, -0.2) is 9.98 Å². The van der Waals surface area contributed by atoms with E-state index in [4.69, 9.17) is 9.73 Å². The summed E-state index contributed by atoms with van der Waals surface area (Å²) in [5.41, 5.74) is 3.38. The largest absolute Gasteiger partial charge is 0.371 e. The molecular weight excluding hydrogens is 422 g/mol. The van der Waals surface area contributed by atoms with Crippen molar-refractivity contribution >= 4 is 43.4 Å². The third-order valence-corrected chi connectivity index (χ3v) is 5.40. The van der Waals surface area contributed by atoms with Crippen molar-refractivity contribution in [2.75, 3.05) is 13.2 Å². The molecule has 0 radical (unpaired) electrons. The molecule has 6 heteroatoms. The Balaban J connectivity index is 1.67. The van der Waals surface area contributed by atoms with Crippen LogP contribution in [0.1, 0.15) is 17.5 Å². The third kappa shape index (κ3) is 2.84. The van der Waals surface area contributed by atoms with Gasteiger partial charge in [-0.2, -0.15) is 0 Å². The summed E-state index contributed by atoms with van der Waals surface area (Å²) >= 11 is 6.82. The van der Waals surface area contributed by atoms with Crippen LogP contribution in [0, 0.1) is 0 Å². The fourth-order valence-electron chi connectivity index (χ4n) is 3.33. The number of benzene rings is 1. The van der Waals surface area contributed by atoms with E-state index in [0.29, 0.717) is 17.8 Å². The van der Waals surface area contributed by atoms with E-state index in [2.05, 4.69) is 66.4 Å². The number of aliphatic imine (C=N–C) groups is 1. The molecule has 0 saturated carbocycles. The maximum atomic E-state index is 5.87. The first-order valence-corrected chi connectivity index (χ1v) is 9.09. The van der Waals surface area contributed by atoms with Crippen molar-refractivity contribution < 1.29 is 4.74 Å². The zero-order valence-corrected chi connectivity index (χ0v) is 15.5. The van der Waals surface area contributed by atoms with Crippen LogP contribution in [0.25, 0.3) is 0 Å². The lowest BCUT2D eigenvalue weighted by Crippen LogP contribution is -2.53. The predicted octanol–water partition coefficient (Wildman–Crippen LogP) is 4.10. The number of hydrogen-bond acceptors (Lipinski definition) is 3. The van der Waals surface area contributed by atoms with Crippen LogP contribution in [0.2, 0.25) is 0 Å². The summed E-state index contributed by atoms with van der Waals surface area (Å²) in [4.78, 5) is 9.02. The minimum absolute atomic E-state index is 0.150. The Kier molecular flexibility index (Phi) is 3.99.